The molecule has 2 fully saturated rings. The lowest BCUT2D eigenvalue weighted by molar-refractivity contribution is -0.137. The molecule has 2 heterocycles. The van der Waals surface area contributed by atoms with E-state index in [1.807, 2.05) is 91.9 Å². The highest BCUT2D eigenvalue weighted by Gasteiger charge is 2.43. The second kappa shape index (κ2) is 13.1. The molecule has 45 heavy (non-hydrogen) atoms. The number of amides is 3. The molecule has 1 unspecified atom stereocenters. The van der Waals surface area contributed by atoms with Crippen molar-refractivity contribution in [2.75, 3.05) is 56.0 Å². The summed E-state index contributed by atoms with van der Waals surface area (Å²) >= 11 is 0. The Kier molecular flexibility index (Phi) is 8.86. The first-order valence-electron chi connectivity index (χ1n) is 15.2. The van der Waals surface area contributed by atoms with Crippen molar-refractivity contribution in [2.45, 2.75) is 17.9 Å². The summed E-state index contributed by atoms with van der Waals surface area (Å²) in [7, 11) is -4.04. The van der Waals surface area contributed by atoms with Crippen LogP contribution in [0.5, 0.6) is 0 Å². The maximum Gasteiger partial charge on any atom is 0.321 e. The summed E-state index contributed by atoms with van der Waals surface area (Å²) < 4.78 is 29.5. The standard InChI is InChI=1S/C35H37N5O4S/c1-27-12-16-30(17-13-27)36-35(42)39-24-25-40(45(43,44)32-18-14-29(15-19-32)28-8-4-2-5-9-28)33(26-39)34(41)38-22-20-37(21-23-38)31-10-6-3-7-11-31/h2-19,33H,20-26H2,1H3,(H,36,42). The Labute approximate surface area is 264 Å². The van der Waals surface area contributed by atoms with Crippen molar-refractivity contribution in [2.24, 2.45) is 0 Å². The van der Waals surface area contributed by atoms with Crippen LogP contribution < -0.4 is 10.2 Å². The molecule has 0 spiro atoms. The zero-order valence-electron chi connectivity index (χ0n) is 25.2. The van der Waals surface area contributed by atoms with Gasteiger partial charge in [0.1, 0.15) is 6.04 Å². The monoisotopic (exact) mass is 623 g/mol. The highest BCUT2D eigenvalue weighted by molar-refractivity contribution is 7.89. The Hall–Kier alpha value is -4.67. The Morgan fingerprint density at radius 3 is 1.89 bits per heavy atom. The fourth-order valence-electron chi connectivity index (χ4n) is 5.90. The Morgan fingerprint density at radius 1 is 0.667 bits per heavy atom. The molecule has 0 radical (unpaired) electrons. The lowest BCUT2D eigenvalue weighted by Crippen LogP contribution is -2.63. The van der Waals surface area contributed by atoms with Crippen molar-refractivity contribution in [1.82, 2.24) is 14.1 Å². The molecule has 6 rings (SSSR count). The lowest BCUT2D eigenvalue weighted by atomic mass is 10.1. The third-order valence-corrected chi connectivity index (χ3v) is 10.4. The summed E-state index contributed by atoms with van der Waals surface area (Å²) in [6, 6.07) is 32.6. The molecular formula is C35H37N5O4S. The van der Waals surface area contributed by atoms with Gasteiger partial charge < -0.3 is 20.0 Å². The van der Waals surface area contributed by atoms with Crippen LogP contribution >= 0.6 is 0 Å². The zero-order valence-corrected chi connectivity index (χ0v) is 26.1. The third kappa shape index (κ3) is 6.72. The Balaban J connectivity index is 1.23. The van der Waals surface area contributed by atoms with Crippen LogP contribution in [-0.2, 0) is 14.8 Å². The SMILES string of the molecule is Cc1ccc(NC(=O)N2CCN(S(=O)(=O)c3ccc(-c4ccccc4)cc3)C(C(=O)N3CCN(c4ccccc4)CC3)C2)cc1. The molecule has 2 aliphatic rings. The predicted molar refractivity (Wildman–Crippen MR) is 177 cm³/mol. The topological polar surface area (TPSA) is 93.3 Å². The molecule has 10 heteroatoms. The summed E-state index contributed by atoms with van der Waals surface area (Å²) in [5, 5.41) is 2.90. The number of rotatable bonds is 6. The summed E-state index contributed by atoms with van der Waals surface area (Å²) in [5.74, 6) is -0.292. The maximum absolute atomic E-state index is 14.1. The minimum Gasteiger partial charge on any atom is -0.368 e. The molecule has 2 saturated heterocycles. The fraction of sp³-hybridized carbons (Fsp3) is 0.257. The Bertz CT molecular complexity index is 1720. The number of carbonyl (C=O) groups excluding carboxylic acids is 2. The van der Waals surface area contributed by atoms with Crippen molar-refractivity contribution >= 4 is 33.3 Å². The number of aryl methyl sites for hydroxylation is 1. The molecular weight excluding hydrogens is 586 g/mol. The molecule has 232 valence electrons. The molecule has 2 aliphatic heterocycles. The van der Waals surface area contributed by atoms with E-state index in [9.17, 15) is 18.0 Å². The Morgan fingerprint density at radius 2 is 1.24 bits per heavy atom. The molecule has 1 N–H and O–H groups in total. The van der Waals surface area contributed by atoms with Gasteiger partial charge in [-0.15, -0.1) is 0 Å². The molecule has 9 nitrogen and oxygen atoms in total. The average Bonchev–Trinajstić information content (AvgIpc) is 3.09. The quantitative estimate of drug-likeness (QED) is 0.329. The van der Waals surface area contributed by atoms with Gasteiger partial charge in [-0.05, 0) is 54.4 Å². The number of benzene rings is 4. The summed E-state index contributed by atoms with van der Waals surface area (Å²) in [5.41, 5.74) is 4.68. The van der Waals surface area contributed by atoms with E-state index in [1.165, 1.54) is 9.21 Å². The van der Waals surface area contributed by atoms with E-state index in [0.29, 0.717) is 31.9 Å². The van der Waals surface area contributed by atoms with Crippen LogP contribution in [0.15, 0.2) is 114 Å². The molecule has 0 saturated carbocycles. The normalized spacial score (nSPS) is 17.6. The summed E-state index contributed by atoms with van der Waals surface area (Å²) in [6.07, 6.45) is 0. The number of nitrogens with zero attached hydrogens (tertiary/aromatic N) is 4. The predicted octanol–water partition coefficient (Wildman–Crippen LogP) is 4.92. The molecule has 4 aromatic rings. The number of carbonyl (C=O) groups is 2. The van der Waals surface area contributed by atoms with Gasteiger partial charge in [-0.1, -0.05) is 78.4 Å². The highest BCUT2D eigenvalue weighted by atomic mass is 32.2. The minimum absolute atomic E-state index is 0.00444. The summed E-state index contributed by atoms with van der Waals surface area (Å²) in [6.45, 7) is 4.27. The number of hydrogen-bond donors (Lipinski definition) is 1. The van der Waals surface area contributed by atoms with Gasteiger partial charge >= 0.3 is 6.03 Å². The van der Waals surface area contributed by atoms with Crippen molar-refractivity contribution in [1.29, 1.82) is 0 Å². The van der Waals surface area contributed by atoms with E-state index in [4.69, 9.17) is 0 Å². The van der Waals surface area contributed by atoms with Gasteiger partial charge in [-0.2, -0.15) is 4.31 Å². The van der Waals surface area contributed by atoms with Crippen molar-refractivity contribution in [3.05, 3.63) is 115 Å². The van der Waals surface area contributed by atoms with Crippen LogP contribution in [0.4, 0.5) is 16.2 Å². The molecule has 3 amide bonds. The lowest BCUT2D eigenvalue weighted by Gasteiger charge is -2.43. The molecule has 0 aliphatic carbocycles. The number of urea groups is 1. The molecule has 0 aromatic heterocycles. The van der Waals surface area contributed by atoms with Gasteiger partial charge in [0.2, 0.25) is 15.9 Å². The van der Waals surface area contributed by atoms with Gasteiger partial charge in [-0.3, -0.25) is 4.79 Å². The number of nitrogens with one attached hydrogen (secondary N) is 1. The zero-order chi connectivity index (χ0) is 31.4. The number of para-hydroxylation sites is 1. The molecule has 4 aromatic carbocycles. The largest absolute Gasteiger partial charge is 0.368 e. The fourth-order valence-corrected chi connectivity index (χ4v) is 7.46. The van der Waals surface area contributed by atoms with Gasteiger partial charge in [0.25, 0.3) is 0 Å². The van der Waals surface area contributed by atoms with E-state index in [0.717, 1.165) is 22.4 Å². The average molecular weight is 624 g/mol. The van der Waals surface area contributed by atoms with Crippen LogP contribution in [0, 0.1) is 6.92 Å². The second-order valence-corrected chi connectivity index (χ2v) is 13.3. The van der Waals surface area contributed by atoms with E-state index in [1.54, 1.807) is 29.2 Å². The van der Waals surface area contributed by atoms with E-state index < -0.39 is 16.1 Å². The summed E-state index contributed by atoms with van der Waals surface area (Å²) in [4.78, 5) is 33.0. The molecule has 0 bridgehead atoms. The van der Waals surface area contributed by atoms with Crippen LogP contribution in [0.2, 0.25) is 0 Å². The highest BCUT2D eigenvalue weighted by Crippen LogP contribution is 2.27. The first-order chi connectivity index (χ1) is 21.8. The van der Waals surface area contributed by atoms with E-state index in [2.05, 4.69) is 10.2 Å². The van der Waals surface area contributed by atoms with Crippen LogP contribution in [0.25, 0.3) is 11.1 Å². The number of hydrogen-bond acceptors (Lipinski definition) is 5. The first-order valence-corrected chi connectivity index (χ1v) is 16.6. The number of piperazine rings is 2. The van der Waals surface area contributed by atoms with Crippen LogP contribution in [0.3, 0.4) is 0 Å². The van der Waals surface area contributed by atoms with Crippen molar-refractivity contribution in [3.63, 3.8) is 0 Å². The van der Waals surface area contributed by atoms with Gasteiger partial charge in [0.15, 0.2) is 0 Å². The maximum atomic E-state index is 14.1. The van der Waals surface area contributed by atoms with Crippen molar-refractivity contribution < 1.29 is 18.0 Å². The third-order valence-electron chi connectivity index (χ3n) is 8.49. The van der Waals surface area contributed by atoms with Crippen molar-refractivity contribution in [3.8, 4) is 11.1 Å². The number of anilines is 2. The van der Waals surface area contributed by atoms with E-state index in [-0.39, 0.29) is 36.5 Å². The van der Waals surface area contributed by atoms with Crippen LogP contribution in [-0.4, -0.2) is 86.3 Å². The smallest absolute Gasteiger partial charge is 0.321 e. The van der Waals surface area contributed by atoms with Gasteiger partial charge in [0.05, 0.1) is 4.90 Å². The van der Waals surface area contributed by atoms with Crippen LogP contribution in [0.1, 0.15) is 5.56 Å². The first kappa shape index (κ1) is 30.4. The molecule has 1 atom stereocenters. The second-order valence-electron chi connectivity index (χ2n) is 11.4. The van der Waals surface area contributed by atoms with Gasteiger partial charge in [-0.25, -0.2) is 13.2 Å². The number of sulfonamides is 1. The minimum atomic E-state index is -4.04. The van der Waals surface area contributed by atoms with Gasteiger partial charge in [0, 0.05) is 57.2 Å². The van der Waals surface area contributed by atoms with E-state index >= 15 is 0 Å².